The molecule has 144 valence electrons. The van der Waals surface area contributed by atoms with Crippen LogP contribution in [0.25, 0.3) is 0 Å². The predicted octanol–water partition coefficient (Wildman–Crippen LogP) is 4.20. The van der Waals surface area contributed by atoms with Gasteiger partial charge in [-0.2, -0.15) is 0 Å². The van der Waals surface area contributed by atoms with E-state index in [1.54, 1.807) is 12.1 Å². The molecule has 2 aliphatic rings. The van der Waals surface area contributed by atoms with Crippen molar-refractivity contribution in [3.05, 3.63) is 91.9 Å². The van der Waals surface area contributed by atoms with Crippen molar-refractivity contribution in [1.29, 1.82) is 0 Å². The molecule has 0 radical (unpaired) electrons. The van der Waals surface area contributed by atoms with E-state index in [4.69, 9.17) is 0 Å². The Morgan fingerprint density at radius 2 is 1.31 bits per heavy atom. The number of phenols is 2. The third kappa shape index (κ3) is 2.42. The summed E-state index contributed by atoms with van der Waals surface area (Å²) in [6.07, 6.45) is -0.828. The van der Waals surface area contributed by atoms with E-state index in [0.717, 1.165) is 10.0 Å². The van der Waals surface area contributed by atoms with Gasteiger partial charge in [0.05, 0.1) is 17.2 Å². The quantitative estimate of drug-likeness (QED) is 0.377. The number of benzene rings is 3. The summed E-state index contributed by atoms with van der Waals surface area (Å²) in [7, 11) is 0. The number of rotatable bonds is 1. The lowest BCUT2D eigenvalue weighted by molar-refractivity contribution is 0.0973. The van der Waals surface area contributed by atoms with Crippen LogP contribution in [0.5, 0.6) is 11.5 Å². The summed E-state index contributed by atoms with van der Waals surface area (Å²) >= 11 is 3.38. The molecule has 0 fully saturated rings. The van der Waals surface area contributed by atoms with Gasteiger partial charge >= 0.3 is 0 Å². The molecule has 0 aliphatic heterocycles. The lowest BCUT2D eigenvalue weighted by atomic mass is 9.79. The van der Waals surface area contributed by atoms with E-state index in [1.165, 1.54) is 12.1 Å². The van der Waals surface area contributed by atoms with Crippen LogP contribution in [0.1, 0.15) is 67.0 Å². The van der Waals surface area contributed by atoms with Crippen molar-refractivity contribution in [3.63, 3.8) is 0 Å². The number of ketones is 2. The minimum absolute atomic E-state index is 0.120. The zero-order valence-electron chi connectivity index (χ0n) is 15.0. The van der Waals surface area contributed by atoms with Crippen molar-refractivity contribution in [2.45, 2.75) is 18.4 Å². The topological polar surface area (TPSA) is 94.8 Å². The van der Waals surface area contributed by atoms with Crippen molar-refractivity contribution in [2.75, 3.05) is 0 Å². The monoisotopic (exact) mass is 450 g/mol. The van der Waals surface area contributed by atoms with Gasteiger partial charge in [0.25, 0.3) is 0 Å². The van der Waals surface area contributed by atoms with Gasteiger partial charge in [-0.25, -0.2) is 0 Å². The Balaban J connectivity index is 1.79. The predicted molar refractivity (Wildman–Crippen MR) is 109 cm³/mol. The summed E-state index contributed by atoms with van der Waals surface area (Å²) in [5, 5.41) is 32.7. The molecule has 2 aliphatic carbocycles. The molecule has 2 atom stereocenters. The van der Waals surface area contributed by atoms with Gasteiger partial charge in [0.15, 0.2) is 11.6 Å². The van der Waals surface area contributed by atoms with E-state index < -0.39 is 29.3 Å². The van der Waals surface area contributed by atoms with Crippen molar-refractivity contribution >= 4 is 27.5 Å². The number of aliphatic hydroxyl groups is 1. The number of carbonyl (C=O) groups is 2. The number of carbonyl (C=O) groups excluding carboxylic acids is 2. The minimum Gasteiger partial charge on any atom is -0.507 e. The van der Waals surface area contributed by atoms with Gasteiger partial charge in [0.1, 0.15) is 11.5 Å². The highest BCUT2D eigenvalue weighted by atomic mass is 79.9. The molecule has 5 nitrogen and oxygen atoms in total. The largest absolute Gasteiger partial charge is 0.507 e. The maximum atomic E-state index is 13.1. The first-order valence-corrected chi connectivity index (χ1v) is 9.93. The number of phenolic OH excluding ortho intramolecular Hbond substituents is 2. The zero-order valence-corrected chi connectivity index (χ0v) is 16.6. The first-order valence-electron chi connectivity index (χ1n) is 9.13. The van der Waals surface area contributed by atoms with Crippen LogP contribution >= 0.6 is 15.9 Å². The first-order chi connectivity index (χ1) is 13.9. The lowest BCUT2D eigenvalue weighted by Crippen LogP contribution is -2.22. The van der Waals surface area contributed by atoms with Crippen LogP contribution in [0.15, 0.2) is 53.0 Å². The maximum absolute atomic E-state index is 13.1. The molecular weight excluding hydrogens is 436 g/mol. The zero-order chi connectivity index (χ0) is 20.4. The van der Waals surface area contributed by atoms with E-state index in [2.05, 4.69) is 15.9 Å². The maximum Gasteiger partial charge on any atom is 0.198 e. The average Bonchev–Trinajstić information content (AvgIpc) is 3.07. The van der Waals surface area contributed by atoms with Crippen molar-refractivity contribution in [2.24, 2.45) is 0 Å². The van der Waals surface area contributed by atoms with Crippen LogP contribution in [-0.4, -0.2) is 26.9 Å². The van der Waals surface area contributed by atoms with Gasteiger partial charge in [0.2, 0.25) is 0 Å². The van der Waals surface area contributed by atoms with E-state index in [-0.39, 0.29) is 40.0 Å². The molecule has 0 saturated heterocycles. The Hall–Kier alpha value is -2.96. The van der Waals surface area contributed by atoms with Crippen LogP contribution in [0.2, 0.25) is 0 Å². The second-order valence-corrected chi connectivity index (χ2v) is 8.25. The van der Waals surface area contributed by atoms with Gasteiger partial charge in [-0.15, -0.1) is 0 Å². The number of halogens is 1. The van der Waals surface area contributed by atoms with Crippen molar-refractivity contribution < 1.29 is 24.9 Å². The molecule has 0 bridgehead atoms. The Kier molecular flexibility index (Phi) is 3.91. The van der Waals surface area contributed by atoms with E-state index in [9.17, 15) is 24.9 Å². The summed E-state index contributed by atoms with van der Waals surface area (Å²) in [5.41, 5.74) is 1.19. The second kappa shape index (κ2) is 6.27. The molecule has 0 heterocycles. The highest BCUT2D eigenvalue weighted by Crippen LogP contribution is 2.55. The fourth-order valence-electron chi connectivity index (χ4n) is 4.50. The van der Waals surface area contributed by atoms with Crippen LogP contribution < -0.4 is 0 Å². The molecule has 2 unspecified atom stereocenters. The lowest BCUT2D eigenvalue weighted by Gasteiger charge is -2.23. The number of hydrogen-bond acceptors (Lipinski definition) is 5. The number of hydrogen-bond donors (Lipinski definition) is 3. The first kappa shape index (κ1) is 18.1. The van der Waals surface area contributed by atoms with Gasteiger partial charge in [-0.3, -0.25) is 9.59 Å². The molecule has 6 heteroatoms. The number of aromatic hydroxyl groups is 2. The third-order valence-corrected chi connectivity index (χ3v) is 6.34. The summed E-state index contributed by atoms with van der Waals surface area (Å²) in [6.45, 7) is 0. The van der Waals surface area contributed by atoms with Gasteiger partial charge in [-0.1, -0.05) is 52.3 Å². The molecule has 0 spiro atoms. The summed E-state index contributed by atoms with van der Waals surface area (Å²) < 4.78 is 0.884. The van der Waals surface area contributed by atoms with Gasteiger partial charge in [0, 0.05) is 32.6 Å². The molecule has 0 amide bonds. The van der Waals surface area contributed by atoms with Crippen LogP contribution in [-0.2, 0) is 0 Å². The summed E-state index contributed by atoms with van der Waals surface area (Å²) in [6, 6.07) is 13.7. The van der Waals surface area contributed by atoms with Gasteiger partial charge < -0.3 is 15.3 Å². The normalized spacial score (nSPS) is 19.7. The third-order valence-electron chi connectivity index (χ3n) is 5.81. The Bertz CT molecular complexity index is 1210. The molecule has 3 aromatic rings. The molecule has 0 aromatic heterocycles. The molecule has 29 heavy (non-hydrogen) atoms. The van der Waals surface area contributed by atoms with Crippen molar-refractivity contribution in [3.8, 4) is 11.5 Å². The van der Waals surface area contributed by atoms with E-state index >= 15 is 0 Å². The number of fused-ring (bicyclic) bond motifs is 3. The summed E-state index contributed by atoms with van der Waals surface area (Å²) in [4.78, 5) is 26.1. The van der Waals surface area contributed by atoms with Crippen LogP contribution in [0, 0.1) is 0 Å². The van der Waals surface area contributed by atoms with Crippen molar-refractivity contribution in [1.82, 2.24) is 0 Å². The average molecular weight is 451 g/mol. The Morgan fingerprint density at radius 1 is 0.793 bits per heavy atom. The fraction of sp³-hybridized carbons (Fsp3) is 0.130. The smallest absolute Gasteiger partial charge is 0.198 e. The molecule has 3 aromatic carbocycles. The minimum atomic E-state index is -1.06. The molecule has 3 N–H and O–H groups in total. The second-order valence-electron chi connectivity index (χ2n) is 7.33. The molecular formula is C23H15BrO5. The summed E-state index contributed by atoms with van der Waals surface area (Å²) in [5.74, 6) is -2.23. The van der Waals surface area contributed by atoms with E-state index in [1.807, 2.05) is 24.3 Å². The fourth-order valence-corrected chi connectivity index (χ4v) is 4.76. The highest BCUT2D eigenvalue weighted by molar-refractivity contribution is 9.10. The van der Waals surface area contributed by atoms with Crippen LogP contribution in [0.4, 0.5) is 0 Å². The number of aliphatic hydroxyl groups excluding tert-OH is 1. The van der Waals surface area contributed by atoms with E-state index in [0.29, 0.717) is 5.56 Å². The highest BCUT2D eigenvalue weighted by Gasteiger charge is 2.43. The Morgan fingerprint density at radius 3 is 1.86 bits per heavy atom. The molecule has 5 rings (SSSR count). The molecule has 0 saturated carbocycles. The SMILES string of the molecule is O=C1c2ccccc2C(=O)c2c(O)c3c(c(O)c21)C(O)CC3c1ccc(Br)cc1. The standard InChI is InChI=1S/C23H15BrO5/c24-11-7-5-10(6-8-11)14-9-15(25)17-16(14)22(28)18-19(23(17)29)21(27)13-4-2-1-3-12(13)20(18)26/h1-8,14-15,25,28-29H,9H2. The Labute approximate surface area is 174 Å². The van der Waals surface area contributed by atoms with Gasteiger partial charge in [-0.05, 0) is 24.1 Å². The van der Waals surface area contributed by atoms with Crippen LogP contribution in [0.3, 0.4) is 0 Å².